The molecule has 156 valence electrons. The highest BCUT2D eigenvalue weighted by Gasteiger charge is 2.16. The Kier molecular flexibility index (Phi) is 6.55. The number of anilines is 2. The maximum absolute atomic E-state index is 12.5. The van der Waals surface area contributed by atoms with Crippen molar-refractivity contribution < 1.29 is 18.3 Å². The molecule has 0 fully saturated rings. The molecule has 3 rings (SSSR count). The van der Waals surface area contributed by atoms with Crippen molar-refractivity contribution >= 4 is 50.5 Å². The zero-order chi connectivity index (χ0) is 21.9. The van der Waals surface area contributed by atoms with Gasteiger partial charge in [0.15, 0.2) is 0 Å². The summed E-state index contributed by atoms with van der Waals surface area (Å²) in [4.78, 5) is 12.2. The summed E-state index contributed by atoms with van der Waals surface area (Å²) in [6.07, 6.45) is 0.0626. The van der Waals surface area contributed by atoms with Crippen LogP contribution in [0, 0.1) is 6.92 Å². The van der Waals surface area contributed by atoms with E-state index in [4.69, 9.17) is 23.2 Å². The number of halogens is 2. The summed E-state index contributed by atoms with van der Waals surface area (Å²) in [7, 11) is -3.84. The van der Waals surface area contributed by atoms with E-state index in [1.807, 2.05) is 6.92 Å². The number of benzene rings is 3. The smallest absolute Gasteiger partial charge is 0.261 e. The van der Waals surface area contributed by atoms with Gasteiger partial charge in [0.05, 0.1) is 27.0 Å². The number of aromatic hydroxyl groups is 1. The van der Waals surface area contributed by atoms with Crippen molar-refractivity contribution in [2.75, 3.05) is 10.0 Å². The van der Waals surface area contributed by atoms with Crippen LogP contribution in [0.2, 0.25) is 10.0 Å². The van der Waals surface area contributed by atoms with Crippen LogP contribution in [0.15, 0.2) is 65.6 Å². The summed E-state index contributed by atoms with van der Waals surface area (Å²) >= 11 is 11.7. The molecule has 3 aromatic carbocycles. The Balaban J connectivity index is 1.65. The number of rotatable bonds is 6. The van der Waals surface area contributed by atoms with E-state index in [1.165, 1.54) is 18.2 Å². The van der Waals surface area contributed by atoms with Gasteiger partial charge >= 0.3 is 0 Å². The molecule has 0 aliphatic rings. The van der Waals surface area contributed by atoms with Crippen molar-refractivity contribution in [3.05, 3.63) is 81.8 Å². The van der Waals surface area contributed by atoms with Gasteiger partial charge in [-0.25, -0.2) is 8.42 Å². The van der Waals surface area contributed by atoms with Gasteiger partial charge in [0.2, 0.25) is 5.91 Å². The minimum absolute atomic E-state index is 0.00425. The summed E-state index contributed by atoms with van der Waals surface area (Å²) in [5.41, 5.74) is 2.22. The lowest BCUT2D eigenvalue weighted by molar-refractivity contribution is -0.115. The first-order valence-electron chi connectivity index (χ1n) is 8.80. The van der Waals surface area contributed by atoms with Gasteiger partial charge in [0.1, 0.15) is 5.75 Å². The van der Waals surface area contributed by atoms with Gasteiger partial charge in [-0.1, -0.05) is 41.4 Å². The summed E-state index contributed by atoms with van der Waals surface area (Å²) in [6, 6.07) is 15.4. The molecule has 9 heteroatoms. The molecule has 0 bridgehead atoms. The molecule has 30 heavy (non-hydrogen) atoms. The van der Waals surface area contributed by atoms with E-state index in [-0.39, 0.29) is 33.0 Å². The van der Waals surface area contributed by atoms with E-state index in [1.54, 1.807) is 42.5 Å². The maximum Gasteiger partial charge on any atom is 0.261 e. The number of carbonyl (C=O) groups is 1. The Morgan fingerprint density at radius 3 is 2.30 bits per heavy atom. The van der Waals surface area contributed by atoms with Crippen LogP contribution in [0.25, 0.3) is 0 Å². The summed E-state index contributed by atoms with van der Waals surface area (Å²) < 4.78 is 27.4. The number of phenolic OH excluding ortho intramolecular Hbond substituents is 1. The molecular weight excluding hydrogens is 447 g/mol. The van der Waals surface area contributed by atoms with Crippen LogP contribution >= 0.6 is 23.2 Å². The highest BCUT2D eigenvalue weighted by molar-refractivity contribution is 7.92. The van der Waals surface area contributed by atoms with Gasteiger partial charge < -0.3 is 10.4 Å². The second kappa shape index (κ2) is 8.95. The van der Waals surface area contributed by atoms with Gasteiger partial charge in [0.25, 0.3) is 10.0 Å². The van der Waals surface area contributed by atoms with Crippen molar-refractivity contribution in [2.45, 2.75) is 18.2 Å². The molecule has 1 amide bonds. The quantitative estimate of drug-likeness (QED) is 0.447. The van der Waals surface area contributed by atoms with E-state index < -0.39 is 10.0 Å². The molecule has 0 heterocycles. The second-order valence-electron chi connectivity index (χ2n) is 6.62. The minimum Gasteiger partial charge on any atom is -0.506 e. The normalized spacial score (nSPS) is 11.2. The average molecular weight is 465 g/mol. The first-order chi connectivity index (χ1) is 14.1. The van der Waals surface area contributed by atoms with Crippen LogP contribution in [-0.2, 0) is 21.2 Å². The van der Waals surface area contributed by atoms with Gasteiger partial charge in [-0.2, -0.15) is 0 Å². The predicted octanol–water partition coefficient (Wildman–Crippen LogP) is 4.99. The van der Waals surface area contributed by atoms with Crippen molar-refractivity contribution in [1.82, 2.24) is 0 Å². The molecule has 0 aliphatic carbocycles. The molecule has 3 N–H and O–H groups in total. The third-order valence-electron chi connectivity index (χ3n) is 4.20. The SMILES string of the molecule is Cc1ccc(NC(=O)Cc2ccc(NS(=O)(=O)c3ccc(Cl)c(Cl)c3)cc2)c(O)c1. The lowest BCUT2D eigenvalue weighted by Crippen LogP contribution is -2.15. The zero-order valence-corrected chi connectivity index (χ0v) is 18.1. The first-order valence-corrected chi connectivity index (χ1v) is 11.0. The number of aryl methyl sites for hydroxylation is 1. The molecule has 0 atom stereocenters. The number of nitrogens with one attached hydrogen (secondary N) is 2. The van der Waals surface area contributed by atoms with Crippen LogP contribution < -0.4 is 10.0 Å². The molecule has 0 aliphatic heterocycles. The zero-order valence-electron chi connectivity index (χ0n) is 15.8. The van der Waals surface area contributed by atoms with Gasteiger partial charge in [-0.3, -0.25) is 9.52 Å². The topological polar surface area (TPSA) is 95.5 Å². The van der Waals surface area contributed by atoms with Gasteiger partial charge in [0, 0.05) is 5.69 Å². The highest BCUT2D eigenvalue weighted by atomic mass is 35.5. The van der Waals surface area contributed by atoms with Crippen molar-refractivity contribution in [2.24, 2.45) is 0 Å². The van der Waals surface area contributed by atoms with Crippen LogP contribution in [0.5, 0.6) is 5.75 Å². The van der Waals surface area contributed by atoms with Crippen molar-refractivity contribution in [1.29, 1.82) is 0 Å². The van der Waals surface area contributed by atoms with Gasteiger partial charge in [-0.15, -0.1) is 0 Å². The Bertz CT molecular complexity index is 1200. The monoisotopic (exact) mass is 464 g/mol. The third-order valence-corrected chi connectivity index (χ3v) is 6.32. The Morgan fingerprint density at radius 2 is 1.67 bits per heavy atom. The third kappa shape index (κ3) is 5.44. The minimum atomic E-state index is -3.84. The van der Waals surface area contributed by atoms with E-state index >= 15 is 0 Å². The molecule has 3 aromatic rings. The average Bonchev–Trinajstić information content (AvgIpc) is 2.67. The van der Waals surface area contributed by atoms with Gasteiger partial charge in [-0.05, 0) is 60.5 Å². The molecule has 0 unspecified atom stereocenters. The molecule has 0 radical (unpaired) electrons. The fraction of sp³-hybridized carbons (Fsp3) is 0.0952. The number of carbonyl (C=O) groups excluding carboxylic acids is 1. The van der Waals surface area contributed by atoms with Crippen LogP contribution in [0.3, 0.4) is 0 Å². The number of phenols is 1. The molecule has 6 nitrogen and oxygen atoms in total. The second-order valence-corrected chi connectivity index (χ2v) is 9.12. The van der Waals surface area contributed by atoms with Crippen LogP contribution in [0.4, 0.5) is 11.4 Å². The summed E-state index contributed by atoms with van der Waals surface area (Å²) in [5.74, 6) is -0.311. The standard InChI is InChI=1S/C21H18Cl2N2O4S/c1-13-2-9-19(20(26)10-13)24-21(27)11-14-3-5-15(6-4-14)25-30(28,29)16-7-8-17(22)18(23)12-16/h2-10,12,25-26H,11H2,1H3,(H,24,27). The summed E-state index contributed by atoms with van der Waals surface area (Å²) in [6.45, 7) is 1.84. The highest BCUT2D eigenvalue weighted by Crippen LogP contribution is 2.26. The Morgan fingerprint density at radius 1 is 0.967 bits per heavy atom. The molecule has 0 spiro atoms. The Hall–Kier alpha value is -2.74. The molecular formula is C21H18Cl2N2O4S. The van der Waals surface area contributed by atoms with Crippen LogP contribution in [-0.4, -0.2) is 19.4 Å². The number of amides is 1. The largest absolute Gasteiger partial charge is 0.506 e. The van der Waals surface area contributed by atoms with Crippen LogP contribution in [0.1, 0.15) is 11.1 Å². The predicted molar refractivity (Wildman–Crippen MR) is 119 cm³/mol. The fourth-order valence-electron chi connectivity index (χ4n) is 2.68. The van der Waals surface area contributed by atoms with E-state index in [2.05, 4.69) is 10.0 Å². The number of hydrogen-bond acceptors (Lipinski definition) is 4. The van der Waals surface area contributed by atoms with Crippen molar-refractivity contribution in [3.63, 3.8) is 0 Å². The molecule has 0 saturated carbocycles. The van der Waals surface area contributed by atoms with E-state index in [0.29, 0.717) is 16.9 Å². The van der Waals surface area contributed by atoms with Crippen molar-refractivity contribution in [3.8, 4) is 5.75 Å². The number of sulfonamides is 1. The fourth-order valence-corrected chi connectivity index (χ4v) is 4.12. The molecule has 0 aromatic heterocycles. The lowest BCUT2D eigenvalue weighted by Gasteiger charge is -2.10. The Labute approximate surface area is 184 Å². The summed E-state index contributed by atoms with van der Waals surface area (Å²) in [5, 5.41) is 12.9. The molecule has 0 saturated heterocycles. The lowest BCUT2D eigenvalue weighted by atomic mass is 10.1. The number of hydrogen-bond donors (Lipinski definition) is 3. The first kappa shape index (κ1) is 22.0. The van der Waals surface area contributed by atoms with E-state index in [0.717, 1.165) is 5.56 Å². The maximum atomic E-state index is 12.5. The van der Waals surface area contributed by atoms with E-state index in [9.17, 15) is 18.3 Å².